The fourth-order valence-corrected chi connectivity index (χ4v) is 1.38. The molecule has 1 aromatic rings. The quantitative estimate of drug-likeness (QED) is 0.680. The van der Waals surface area contributed by atoms with Crippen molar-refractivity contribution >= 4 is 0 Å². The predicted molar refractivity (Wildman–Crippen MR) is 53.4 cm³/mol. The van der Waals surface area contributed by atoms with Gasteiger partial charge in [0.2, 0.25) is 6.29 Å². The van der Waals surface area contributed by atoms with Crippen LogP contribution in [0, 0.1) is 0 Å². The van der Waals surface area contributed by atoms with Gasteiger partial charge in [-0.25, -0.2) is 0 Å². The van der Waals surface area contributed by atoms with Gasteiger partial charge in [-0.1, -0.05) is 30.3 Å². The number of benzene rings is 1. The normalized spacial score (nSPS) is 29.0. The highest BCUT2D eigenvalue weighted by Crippen LogP contribution is 2.24. The molecule has 1 fully saturated rings. The van der Waals surface area contributed by atoms with E-state index in [1.54, 1.807) is 0 Å². The Labute approximate surface area is 84.2 Å². The largest absolute Gasteiger partial charge is 0.345 e. The molecular formula is C11H15NO2. The second-order valence-electron chi connectivity index (χ2n) is 3.58. The van der Waals surface area contributed by atoms with Crippen LogP contribution in [0.15, 0.2) is 30.3 Å². The predicted octanol–water partition coefficient (Wildman–Crippen LogP) is 1.97. The summed E-state index contributed by atoms with van der Waals surface area (Å²) in [5, 5.41) is 1.85. The third-order valence-electron chi connectivity index (χ3n) is 2.44. The number of ether oxygens (including phenoxy) is 1. The number of nitrogens with zero attached hydrogens (tertiary/aromatic N) is 1. The highest BCUT2D eigenvalue weighted by Gasteiger charge is 2.24. The van der Waals surface area contributed by atoms with Crippen molar-refractivity contribution < 1.29 is 9.57 Å². The first-order chi connectivity index (χ1) is 6.77. The van der Waals surface area contributed by atoms with Crippen LogP contribution in [0.3, 0.4) is 0 Å². The van der Waals surface area contributed by atoms with Crippen molar-refractivity contribution in [1.82, 2.24) is 5.06 Å². The Morgan fingerprint density at radius 3 is 2.64 bits per heavy atom. The van der Waals surface area contributed by atoms with Gasteiger partial charge in [-0.3, -0.25) is 4.84 Å². The van der Waals surface area contributed by atoms with Gasteiger partial charge in [0.1, 0.15) is 0 Å². The van der Waals surface area contributed by atoms with Crippen LogP contribution in [-0.4, -0.2) is 24.8 Å². The van der Waals surface area contributed by atoms with Crippen molar-refractivity contribution in [1.29, 1.82) is 0 Å². The van der Waals surface area contributed by atoms with Gasteiger partial charge in [-0.2, -0.15) is 5.06 Å². The molecule has 0 spiro atoms. The first-order valence-corrected chi connectivity index (χ1v) is 4.83. The van der Waals surface area contributed by atoms with E-state index in [0.29, 0.717) is 12.6 Å². The summed E-state index contributed by atoms with van der Waals surface area (Å²) < 4.78 is 5.58. The Morgan fingerprint density at radius 2 is 2.00 bits per heavy atom. The SMILES string of the molecule is C[C@H]1CO[C@H](c2ccccc2)ON1C. The average molecular weight is 193 g/mol. The molecular weight excluding hydrogens is 178 g/mol. The molecule has 1 saturated heterocycles. The van der Waals surface area contributed by atoms with Crippen LogP contribution >= 0.6 is 0 Å². The van der Waals surface area contributed by atoms with E-state index in [4.69, 9.17) is 9.57 Å². The van der Waals surface area contributed by atoms with Crippen LogP contribution in [-0.2, 0) is 9.57 Å². The molecule has 0 unspecified atom stereocenters. The van der Waals surface area contributed by atoms with Crippen LogP contribution in [0.1, 0.15) is 18.8 Å². The lowest BCUT2D eigenvalue weighted by Gasteiger charge is -2.34. The van der Waals surface area contributed by atoms with Crippen molar-refractivity contribution in [2.24, 2.45) is 0 Å². The Kier molecular flexibility index (Phi) is 2.82. The van der Waals surface area contributed by atoms with Gasteiger partial charge in [0.05, 0.1) is 12.6 Å². The fraction of sp³-hybridized carbons (Fsp3) is 0.455. The minimum atomic E-state index is -0.252. The zero-order chi connectivity index (χ0) is 9.97. The molecule has 1 aliphatic rings. The molecule has 0 amide bonds. The fourth-order valence-electron chi connectivity index (χ4n) is 1.38. The van der Waals surface area contributed by atoms with Crippen LogP contribution in [0.4, 0.5) is 0 Å². The standard InChI is InChI=1S/C11H15NO2/c1-9-8-13-11(14-12(9)2)10-6-4-3-5-7-10/h3-7,9,11H,8H2,1-2H3/t9-,11-/m0/s1. The summed E-state index contributed by atoms with van der Waals surface area (Å²) in [6.07, 6.45) is -0.252. The molecule has 3 nitrogen and oxygen atoms in total. The van der Waals surface area contributed by atoms with E-state index in [1.165, 1.54) is 0 Å². The molecule has 14 heavy (non-hydrogen) atoms. The highest BCUT2D eigenvalue weighted by molar-refractivity contribution is 5.16. The number of likely N-dealkylation sites (N-methyl/N-ethyl adjacent to an activating group) is 1. The molecule has 2 atom stereocenters. The summed E-state index contributed by atoms with van der Waals surface area (Å²) in [7, 11) is 1.93. The first-order valence-electron chi connectivity index (χ1n) is 4.83. The molecule has 76 valence electrons. The molecule has 0 aromatic heterocycles. The molecule has 0 aliphatic carbocycles. The van der Waals surface area contributed by atoms with Crippen molar-refractivity contribution in [2.45, 2.75) is 19.3 Å². The van der Waals surface area contributed by atoms with Crippen molar-refractivity contribution in [3.05, 3.63) is 35.9 Å². The van der Waals surface area contributed by atoms with E-state index in [2.05, 4.69) is 6.92 Å². The van der Waals surface area contributed by atoms with E-state index < -0.39 is 0 Å². The van der Waals surface area contributed by atoms with Crippen LogP contribution in [0.5, 0.6) is 0 Å². The Bertz CT molecular complexity index is 289. The number of rotatable bonds is 1. The van der Waals surface area contributed by atoms with Crippen molar-refractivity contribution in [2.75, 3.05) is 13.7 Å². The summed E-state index contributed by atoms with van der Waals surface area (Å²) in [5.74, 6) is 0. The van der Waals surface area contributed by atoms with Gasteiger partial charge in [0, 0.05) is 12.6 Å². The highest BCUT2D eigenvalue weighted by atomic mass is 16.8. The van der Waals surface area contributed by atoms with Gasteiger partial charge in [-0.15, -0.1) is 0 Å². The second-order valence-corrected chi connectivity index (χ2v) is 3.58. The minimum absolute atomic E-state index is 0.252. The van der Waals surface area contributed by atoms with E-state index in [-0.39, 0.29) is 6.29 Å². The Balaban J connectivity index is 2.07. The topological polar surface area (TPSA) is 21.7 Å². The molecule has 1 aliphatic heterocycles. The lowest BCUT2D eigenvalue weighted by atomic mass is 10.2. The minimum Gasteiger partial charge on any atom is -0.345 e. The maximum atomic E-state index is 5.60. The maximum absolute atomic E-state index is 5.60. The van der Waals surface area contributed by atoms with Gasteiger partial charge in [0.25, 0.3) is 0 Å². The van der Waals surface area contributed by atoms with E-state index in [1.807, 2.05) is 42.4 Å². The molecule has 0 saturated carbocycles. The zero-order valence-electron chi connectivity index (χ0n) is 8.51. The van der Waals surface area contributed by atoms with Gasteiger partial charge < -0.3 is 4.74 Å². The summed E-state index contributed by atoms with van der Waals surface area (Å²) in [6.45, 7) is 2.78. The number of hydrogen-bond donors (Lipinski definition) is 0. The van der Waals surface area contributed by atoms with Crippen molar-refractivity contribution in [3.63, 3.8) is 0 Å². The van der Waals surface area contributed by atoms with E-state index >= 15 is 0 Å². The third-order valence-corrected chi connectivity index (χ3v) is 2.44. The zero-order valence-corrected chi connectivity index (χ0v) is 8.51. The summed E-state index contributed by atoms with van der Waals surface area (Å²) in [4.78, 5) is 5.60. The second kappa shape index (κ2) is 4.09. The van der Waals surface area contributed by atoms with Crippen LogP contribution in [0.25, 0.3) is 0 Å². The van der Waals surface area contributed by atoms with Gasteiger partial charge >= 0.3 is 0 Å². The maximum Gasteiger partial charge on any atom is 0.203 e. The summed E-state index contributed by atoms with van der Waals surface area (Å²) in [6, 6.07) is 10.3. The monoisotopic (exact) mass is 193 g/mol. The lowest BCUT2D eigenvalue weighted by Crippen LogP contribution is -2.40. The van der Waals surface area contributed by atoms with E-state index in [9.17, 15) is 0 Å². The lowest BCUT2D eigenvalue weighted by molar-refractivity contribution is -0.334. The average Bonchev–Trinajstić information content (AvgIpc) is 2.23. The molecule has 1 aromatic carbocycles. The number of hydroxylamine groups is 2. The molecule has 0 radical (unpaired) electrons. The molecule has 0 N–H and O–H groups in total. The molecule has 3 heteroatoms. The smallest absolute Gasteiger partial charge is 0.203 e. The van der Waals surface area contributed by atoms with E-state index in [0.717, 1.165) is 5.56 Å². The van der Waals surface area contributed by atoms with Crippen LogP contribution < -0.4 is 0 Å². The summed E-state index contributed by atoms with van der Waals surface area (Å²) in [5.41, 5.74) is 1.06. The van der Waals surface area contributed by atoms with Crippen molar-refractivity contribution in [3.8, 4) is 0 Å². The molecule has 0 bridgehead atoms. The molecule has 2 rings (SSSR count). The Morgan fingerprint density at radius 1 is 1.29 bits per heavy atom. The Hall–Kier alpha value is -0.900. The third kappa shape index (κ3) is 1.95. The summed E-state index contributed by atoms with van der Waals surface area (Å²) >= 11 is 0. The molecule has 1 heterocycles. The number of hydrogen-bond acceptors (Lipinski definition) is 3. The first kappa shape index (κ1) is 9.65. The van der Waals surface area contributed by atoms with Crippen LogP contribution in [0.2, 0.25) is 0 Å². The van der Waals surface area contributed by atoms with Gasteiger partial charge in [0.15, 0.2) is 0 Å². The van der Waals surface area contributed by atoms with Gasteiger partial charge in [-0.05, 0) is 6.92 Å².